The minimum absolute atomic E-state index is 0.215. The Morgan fingerprint density at radius 1 is 1.44 bits per heavy atom. The van der Waals surface area contributed by atoms with Crippen molar-refractivity contribution in [1.82, 2.24) is 14.9 Å². The van der Waals surface area contributed by atoms with Crippen LogP contribution in [0.3, 0.4) is 0 Å². The number of hydrazine groups is 1. The van der Waals surface area contributed by atoms with Gasteiger partial charge in [-0.25, -0.2) is 5.84 Å². The maximum atomic E-state index is 5.60. The summed E-state index contributed by atoms with van der Waals surface area (Å²) in [6, 6.07) is 2.32. The number of nitrogens with one attached hydrogen (secondary N) is 2. The van der Waals surface area contributed by atoms with Crippen LogP contribution in [0.4, 0.5) is 17.6 Å². The van der Waals surface area contributed by atoms with Crippen molar-refractivity contribution in [1.29, 1.82) is 0 Å². The van der Waals surface area contributed by atoms with Crippen molar-refractivity contribution < 1.29 is 0 Å². The second-order valence-electron chi connectivity index (χ2n) is 4.45. The van der Waals surface area contributed by atoms with E-state index < -0.39 is 0 Å². The number of hydrogen-bond donors (Lipinski definition) is 4. The van der Waals surface area contributed by atoms with Crippen LogP contribution in [-0.4, -0.2) is 40.5 Å². The topological polar surface area (TPSA) is 105 Å². The molecule has 18 heavy (non-hydrogen) atoms. The first kappa shape index (κ1) is 12.8. The van der Waals surface area contributed by atoms with Gasteiger partial charge in [0.2, 0.25) is 5.95 Å². The molecule has 1 fully saturated rings. The first-order chi connectivity index (χ1) is 8.72. The Morgan fingerprint density at radius 3 is 2.94 bits per heavy atom. The summed E-state index contributed by atoms with van der Waals surface area (Å²) in [6.07, 6.45) is 2.49. The lowest BCUT2D eigenvalue weighted by atomic mass is 10.2. The van der Waals surface area contributed by atoms with E-state index in [1.54, 1.807) is 6.07 Å². The number of rotatable bonds is 5. The zero-order chi connectivity index (χ0) is 13.0. The van der Waals surface area contributed by atoms with E-state index in [-0.39, 0.29) is 5.95 Å². The monoisotopic (exact) mass is 251 g/mol. The molecule has 0 spiro atoms. The highest BCUT2D eigenvalue weighted by molar-refractivity contribution is 5.50. The van der Waals surface area contributed by atoms with Crippen LogP contribution in [0, 0.1) is 0 Å². The summed E-state index contributed by atoms with van der Waals surface area (Å²) in [5.74, 6) is 6.76. The number of likely N-dealkylation sites (tertiary alicyclic amines) is 1. The highest BCUT2D eigenvalue weighted by Gasteiger charge is 2.22. The van der Waals surface area contributed by atoms with Crippen molar-refractivity contribution in [2.24, 2.45) is 5.84 Å². The van der Waals surface area contributed by atoms with E-state index in [4.69, 9.17) is 11.6 Å². The summed E-state index contributed by atoms with van der Waals surface area (Å²) in [5, 5.41) is 3.30. The van der Waals surface area contributed by atoms with Crippen molar-refractivity contribution in [2.75, 3.05) is 36.1 Å². The van der Waals surface area contributed by atoms with Crippen LogP contribution in [0.25, 0.3) is 0 Å². The molecule has 1 unspecified atom stereocenters. The first-order valence-electron chi connectivity index (χ1n) is 6.32. The Kier molecular flexibility index (Phi) is 4.16. The molecule has 0 amide bonds. The molecule has 7 nitrogen and oxygen atoms in total. The Bertz CT molecular complexity index is 395. The molecule has 1 aliphatic rings. The molecule has 0 saturated carbocycles. The quantitative estimate of drug-likeness (QED) is 0.439. The molecule has 0 aliphatic carbocycles. The van der Waals surface area contributed by atoms with Crippen LogP contribution in [0.1, 0.15) is 19.8 Å². The third-order valence-electron chi connectivity index (χ3n) is 3.32. The van der Waals surface area contributed by atoms with E-state index >= 15 is 0 Å². The van der Waals surface area contributed by atoms with Crippen LogP contribution >= 0.6 is 0 Å². The maximum Gasteiger partial charge on any atom is 0.223 e. The molecule has 0 bridgehead atoms. The predicted octanol–water partition coefficient (Wildman–Crippen LogP) is 0.241. The van der Waals surface area contributed by atoms with E-state index in [2.05, 4.69) is 32.5 Å². The van der Waals surface area contributed by atoms with Gasteiger partial charge in [0.25, 0.3) is 0 Å². The Labute approximate surface area is 107 Å². The molecule has 1 saturated heterocycles. The Balaban J connectivity index is 1.95. The highest BCUT2D eigenvalue weighted by atomic mass is 15.3. The Morgan fingerprint density at radius 2 is 2.22 bits per heavy atom. The number of nitrogen functional groups attached to an aromatic ring is 2. The van der Waals surface area contributed by atoms with Crippen molar-refractivity contribution in [3.63, 3.8) is 0 Å². The summed E-state index contributed by atoms with van der Waals surface area (Å²) in [4.78, 5) is 10.6. The summed E-state index contributed by atoms with van der Waals surface area (Å²) >= 11 is 0. The van der Waals surface area contributed by atoms with E-state index in [9.17, 15) is 0 Å². The molecular weight excluding hydrogens is 230 g/mol. The van der Waals surface area contributed by atoms with Gasteiger partial charge in [-0.15, -0.1) is 0 Å². The van der Waals surface area contributed by atoms with Crippen molar-refractivity contribution in [2.45, 2.75) is 25.8 Å². The summed E-state index contributed by atoms with van der Waals surface area (Å²) in [6.45, 7) is 5.34. The van der Waals surface area contributed by atoms with Crippen LogP contribution in [-0.2, 0) is 0 Å². The molecule has 2 rings (SSSR count). The Hall–Kier alpha value is -1.60. The highest BCUT2D eigenvalue weighted by Crippen LogP contribution is 2.18. The van der Waals surface area contributed by atoms with Gasteiger partial charge in [-0.2, -0.15) is 9.97 Å². The van der Waals surface area contributed by atoms with Crippen LogP contribution in [0.2, 0.25) is 0 Å². The standard InChI is InChI=1S/C11H21N7/c1-2-18-5-3-4-8(18)7-14-9-6-10(17-13)16-11(12)15-9/h6,8H,2-5,7,13H2,1H3,(H4,12,14,15,16,17). The van der Waals surface area contributed by atoms with Gasteiger partial charge >= 0.3 is 0 Å². The molecule has 0 aromatic carbocycles. The number of hydrogen-bond acceptors (Lipinski definition) is 7. The number of aromatic nitrogens is 2. The molecule has 1 aromatic rings. The van der Waals surface area contributed by atoms with E-state index in [1.807, 2.05) is 0 Å². The fourth-order valence-electron chi connectivity index (χ4n) is 2.40. The lowest BCUT2D eigenvalue weighted by Crippen LogP contribution is -2.34. The lowest BCUT2D eigenvalue weighted by Gasteiger charge is -2.23. The summed E-state index contributed by atoms with van der Waals surface area (Å²) in [5.41, 5.74) is 8.08. The molecule has 7 heteroatoms. The van der Waals surface area contributed by atoms with Gasteiger partial charge < -0.3 is 16.5 Å². The van der Waals surface area contributed by atoms with Gasteiger partial charge in [0.05, 0.1) is 0 Å². The molecule has 100 valence electrons. The fourth-order valence-corrected chi connectivity index (χ4v) is 2.40. The summed E-state index contributed by atoms with van der Waals surface area (Å²) in [7, 11) is 0. The van der Waals surface area contributed by atoms with Gasteiger partial charge in [0.1, 0.15) is 11.6 Å². The average molecular weight is 251 g/mol. The lowest BCUT2D eigenvalue weighted by molar-refractivity contribution is 0.277. The third-order valence-corrected chi connectivity index (χ3v) is 3.32. The van der Waals surface area contributed by atoms with Crippen LogP contribution < -0.4 is 22.3 Å². The van der Waals surface area contributed by atoms with E-state index in [0.717, 1.165) is 13.1 Å². The minimum atomic E-state index is 0.215. The molecular formula is C11H21N7. The molecule has 6 N–H and O–H groups in total. The molecule has 2 heterocycles. The average Bonchev–Trinajstić information content (AvgIpc) is 2.83. The fraction of sp³-hybridized carbons (Fsp3) is 0.636. The SMILES string of the molecule is CCN1CCCC1CNc1cc(NN)nc(N)n1. The maximum absolute atomic E-state index is 5.60. The number of nitrogens with zero attached hydrogens (tertiary/aromatic N) is 3. The van der Waals surface area contributed by atoms with Crippen molar-refractivity contribution in [3.05, 3.63) is 6.07 Å². The van der Waals surface area contributed by atoms with Gasteiger partial charge in [-0.05, 0) is 25.9 Å². The summed E-state index contributed by atoms with van der Waals surface area (Å²) < 4.78 is 0. The number of nitrogens with two attached hydrogens (primary N) is 2. The zero-order valence-electron chi connectivity index (χ0n) is 10.7. The minimum Gasteiger partial charge on any atom is -0.368 e. The molecule has 1 aromatic heterocycles. The molecule has 0 radical (unpaired) electrons. The van der Waals surface area contributed by atoms with E-state index in [1.165, 1.54) is 19.4 Å². The largest absolute Gasteiger partial charge is 0.368 e. The second-order valence-corrected chi connectivity index (χ2v) is 4.45. The van der Waals surface area contributed by atoms with Crippen LogP contribution in [0.5, 0.6) is 0 Å². The van der Waals surface area contributed by atoms with Gasteiger partial charge in [-0.1, -0.05) is 6.92 Å². The van der Waals surface area contributed by atoms with Gasteiger partial charge in [0, 0.05) is 18.7 Å². The molecule has 1 aliphatic heterocycles. The normalized spacial score (nSPS) is 20.0. The first-order valence-corrected chi connectivity index (χ1v) is 6.32. The van der Waals surface area contributed by atoms with E-state index in [0.29, 0.717) is 17.7 Å². The van der Waals surface area contributed by atoms with Gasteiger partial charge in [0.15, 0.2) is 0 Å². The number of likely N-dealkylation sites (N-methyl/N-ethyl adjacent to an activating group) is 1. The van der Waals surface area contributed by atoms with Gasteiger partial charge in [-0.3, -0.25) is 4.90 Å². The smallest absolute Gasteiger partial charge is 0.223 e. The zero-order valence-corrected chi connectivity index (χ0v) is 10.7. The predicted molar refractivity (Wildman–Crippen MR) is 73.0 cm³/mol. The van der Waals surface area contributed by atoms with Crippen molar-refractivity contribution >= 4 is 17.6 Å². The molecule has 1 atom stereocenters. The van der Waals surface area contributed by atoms with Crippen molar-refractivity contribution in [3.8, 4) is 0 Å². The van der Waals surface area contributed by atoms with Crippen LogP contribution in [0.15, 0.2) is 6.07 Å². The number of anilines is 3. The third kappa shape index (κ3) is 2.99. The second kappa shape index (κ2) is 5.83.